The van der Waals surface area contributed by atoms with Crippen LogP contribution in [-0.2, 0) is 16.4 Å². The first-order valence-corrected chi connectivity index (χ1v) is 4.16. The van der Waals surface area contributed by atoms with Crippen molar-refractivity contribution < 1.29 is 23.1 Å². The van der Waals surface area contributed by atoms with E-state index in [1.807, 2.05) is 0 Å². The van der Waals surface area contributed by atoms with E-state index in [-0.39, 0.29) is 0 Å². The lowest BCUT2D eigenvalue weighted by atomic mass is 9.93. The number of aromatic nitrogens is 3. The summed E-state index contributed by atoms with van der Waals surface area (Å²) in [4.78, 5) is 14.0. The van der Waals surface area contributed by atoms with E-state index < -0.39 is 29.1 Å². The Hall–Kier alpha value is -1.73. The average molecular weight is 235 g/mol. The Morgan fingerprint density at radius 1 is 1.38 bits per heavy atom. The van der Waals surface area contributed by atoms with Crippen molar-refractivity contribution in [1.82, 2.24) is 15.2 Å². The summed E-state index contributed by atoms with van der Waals surface area (Å²) in [5, 5.41) is 15.2. The van der Waals surface area contributed by atoms with Crippen LogP contribution in [0.15, 0.2) is 6.20 Å². The summed E-state index contributed by atoms with van der Waals surface area (Å²) in [6, 6.07) is 0. The fraction of sp³-hybridized carbons (Fsp3) is 0.500. The van der Waals surface area contributed by atoms with Crippen molar-refractivity contribution >= 4 is 5.97 Å². The lowest BCUT2D eigenvalue weighted by Gasteiger charge is -2.17. The molecule has 0 spiro atoms. The fourth-order valence-electron chi connectivity index (χ4n) is 0.801. The SMILES string of the molecule is CC(C)(C(=O)O)c1nncc(C(F)(F)F)n1. The van der Waals surface area contributed by atoms with E-state index in [4.69, 9.17) is 5.11 Å². The highest BCUT2D eigenvalue weighted by Gasteiger charge is 2.38. The molecule has 0 amide bonds. The topological polar surface area (TPSA) is 76.0 Å². The molecule has 1 rings (SSSR count). The van der Waals surface area contributed by atoms with Gasteiger partial charge in [-0.15, -0.1) is 5.10 Å². The number of nitrogens with zero attached hydrogens (tertiary/aromatic N) is 3. The van der Waals surface area contributed by atoms with Crippen LogP contribution in [0.1, 0.15) is 25.4 Å². The van der Waals surface area contributed by atoms with Crippen LogP contribution in [-0.4, -0.2) is 26.3 Å². The zero-order chi connectivity index (χ0) is 12.6. The molecule has 0 aliphatic heterocycles. The van der Waals surface area contributed by atoms with Gasteiger partial charge in [-0.1, -0.05) is 0 Å². The summed E-state index contributed by atoms with van der Waals surface area (Å²) in [5.41, 5.74) is -2.87. The van der Waals surface area contributed by atoms with Gasteiger partial charge in [0.1, 0.15) is 5.41 Å². The largest absolute Gasteiger partial charge is 0.481 e. The van der Waals surface area contributed by atoms with Gasteiger partial charge in [0.15, 0.2) is 11.5 Å². The molecule has 1 aromatic heterocycles. The normalized spacial score (nSPS) is 12.6. The second-order valence-corrected chi connectivity index (χ2v) is 3.59. The first-order chi connectivity index (χ1) is 7.15. The molecule has 88 valence electrons. The molecule has 5 nitrogen and oxygen atoms in total. The minimum Gasteiger partial charge on any atom is -0.481 e. The van der Waals surface area contributed by atoms with Crippen molar-refractivity contribution in [1.29, 1.82) is 0 Å². The van der Waals surface area contributed by atoms with Gasteiger partial charge in [0.05, 0.1) is 6.20 Å². The molecule has 16 heavy (non-hydrogen) atoms. The molecule has 0 saturated carbocycles. The Morgan fingerprint density at radius 3 is 2.38 bits per heavy atom. The Morgan fingerprint density at radius 2 is 1.94 bits per heavy atom. The maximum Gasteiger partial charge on any atom is 0.435 e. The molecule has 1 aromatic rings. The number of aliphatic carboxylic acids is 1. The summed E-state index contributed by atoms with van der Waals surface area (Å²) in [5.74, 6) is -1.80. The third-order valence-electron chi connectivity index (χ3n) is 1.94. The zero-order valence-electron chi connectivity index (χ0n) is 8.41. The standard InChI is InChI=1S/C8H8F3N3O2/c1-7(2,6(15)16)5-13-4(3-12-14-5)8(9,10)11/h3H,1-2H3,(H,15,16). The van der Waals surface area contributed by atoms with Crippen LogP contribution in [0.4, 0.5) is 13.2 Å². The average Bonchev–Trinajstić information content (AvgIpc) is 2.16. The smallest absolute Gasteiger partial charge is 0.435 e. The summed E-state index contributed by atoms with van der Waals surface area (Å²) >= 11 is 0. The summed E-state index contributed by atoms with van der Waals surface area (Å²) < 4.78 is 36.8. The van der Waals surface area contributed by atoms with Gasteiger partial charge in [-0.25, -0.2) is 4.98 Å². The zero-order valence-corrected chi connectivity index (χ0v) is 8.41. The number of halogens is 3. The van der Waals surface area contributed by atoms with Crippen LogP contribution in [0.5, 0.6) is 0 Å². The molecule has 0 aliphatic rings. The fourth-order valence-corrected chi connectivity index (χ4v) is 0.801. The van der Waals surface area contributed by atoms with Crippen molar-refractivity contribution in [2.75, 3.05) is 0 Å². The van der Waals surface area contributed by atoms with Crippen LogP contribution >= 0.6 is 0 Å². The molecule has 0 atom stereocenters. The van der Waals surface area contributed by atoms with Gasteiger partial charge >= 0.3 is 12.1 Å². The molecule has 0 bridgehead atoms. The van der Waals surface area contributed by atoms with E-state index in [0.717, 1.165) is 0 Å². The van der Waals surface area contributed by atoms with Crippen LogP contribution in [0, 0.1) is 0 Å². The third kappa shape index (κ3) is 2.26. The van der Waals surface area contributed by atoms with E-state index in [1.165, 1.54) is 13.8 Å². The Balaban J connectivity index is 3.23. The van der Waals surface area contributed by atoms with Gasteiger partial charge in [-0.05, 0) is 13.8 Å². The van der Waals surface area contributed by atoms with Crippen LogP contribution in [0.25, 0.3) is 0 Å². The number of hydrogen-bond acceptors (Lipinski definition) is 4. The highest BCUT2D eigenvalue weighted by molar-refractivity contribution is 5.78. The molecule has 0 radical (unpaired) electrons. The summed E-state index contributed by atoms with van der Waals surface area (Å²) in [7, 11) is 0. The van der Waals surface area contributed by atoms with Gasteiger partial charge < -0.3 is 5.11 Å². The molecule has 0 aromatic carbocycles. The van der Waals surface area contributed by atoms with Gasteiger partial charge in [-0.2, -0.15) is 18.3 Å². The molecule has 8 heteroatoms. The minimum absolute atomic E-state index is 0.446. The Labute approximate surface area is 88.3 Å². The van der Waals surface area contributed by atoms with Gasteiger partial charge in [0.2, 0.25) is 0 Å². The van der Waals surface area contributed by atoms with Crippen molar-refractivity contribution in [3.05, 3.63) is 17.7 Å². The predicted molar refractivity (Wildman–Crippen MR) is 45.5 cm³/mol. The van der Waals surface area contributed by atoms with E-state index >= 15 is 0 Å². The number of alkyl halides is 3. The maximum absolute atomic E-state index is 12.3. The van der Waals surface area contributed by atoms with E-state index in [1.54, 1.807) is 0 Å². The molecule has 0 aliphatic carbocycles. The molecule has 0 unspecified atom stereocenters. The number of rotatable bonds is 2. The maximum atomic E-state index is 12.3. The number of carboxylic acids is 1. The molecular weight excluding hydrogens is 227 g/mol. The second-order valence-electron chi connectivity index (χ2n) is 3.59. The minimum atomic E-state index is -4.67. The number of hydrogen-bond donors (Lipinski definition) is 1. The second kappa shape index (κ2) is 3.69. The van der Waals surface area contributed by atoms with Crippen LogP contribution < -0.4 is 0 Å². The quantitative estimate of drug-likeness (QED) is 0.834. The van der Waals surface area contributed by atoms with Gasteiger partial charge in [0, 0.05) is 0 Å². The van der Waals surface area contributed by atoms with E-state index in [9.17, 15) is 18.0 Å². The summed E-state index contributed by atoms with van der Waals surface area (Å²) in [6.45, 7) is 2.40. The van der Waals surface area contributed by atoms with Crippen molar-refractivity contribution in [2.24, 2.45) is 0 Å². The van der Waals surface area contributed by atoms with Gasteiger partial charge in [-0.3, -0.25) is 4.79 Å². The van der Waals surface area contributed by atoms with Crippen molar-refractivity contribution in [3.8, 4) is 0 Å². The monoisotopic (exact) mass is 235 g/mol. The summed E-state index contributed by atoms with van der Waals surface area (Å²) in [6.07, 6.45) is -4.22. The lowest BCUT2D eigenvalue weighted by Crippen LogP contribution is -2.32. The Bertz CT molecular complexity index is 417. The first-order valence-electron chi connectivity index (χ1n) is 4.16. The lowest BCUT2D eigenvalue weighted by molar-refractivity contribution is -0.145. The molecule has 0 fully saturated rings. The third-order valence-corrected chi connectivity index (χ3v) is 1.94. The number of carboxylic acid groups (broad SMARTS) is 1. The van der Waals surface area contributed by atoms with Gasteiger partial charge in [0.25, 0.3) is 0 Å². The van der Waals surface area contributed by atoms with Crippen molar-refractivity contribution in [3.63, 3.8) is 0 Å². The predicted octanol–water partition coefficient (Wildman–Crippen LogP) is 1.25. The van der Waals surface area contributed by atoms with Crippen LogP contribution in [0.3, 0.4) is 0 Å². The van der Waals surface area contributed by atoms with Crippen molar-refractivity contribution in [2.45, 2.75) is 25.4 Å². The molecular formula is C8H8F3N3O2. The van der Waals surface area contributed by atoms with E-state index in [0.29, 0.717) is 6.20 Å². The number of carbonyl (C=O) groups is 1. The highest BCUT2D eigenvalue weighted by atomic mass is 19.4. The first kappa shape index (κ1) is 12.3. The van der Waals surface area contributed by atoms with E-state index in [2.05, 4.69) is 15.2 Å². The highest BCUT2D eigenvalue weighted by Crippen LogP contribution is 2.28. The Kier molecular flexibility index (Phi) is 2.85. The molecule has 1 heterocycles. The van der Waals surface area contributed by atoms with Crippen LogP contribution in [0.2, 0.25) is 0 Å². The molecule has 0 saturated heterocycles. The molecule has 1 N–H and O–H groups in total.